The smallest absolute Gasteiger partial charge is 0.258 e. The van der Waals surface area contributed by atoms with Crippen molar-refractivity contribution in [3.63, 3.8) is 0 Å². The Bertz CT molecular complexity index is 536. The zero-order valence-corrected chi connectivity index (χ0v) is 8.82. The van der Waals surface area contributed by atoms with Crippen molar-refractivity contribution < 1.29 is 13.7 Å². The number of nitro groups is 1. The van der Waals surface area contributed by atoms with Crippen molar-refractivity contribution in [2.75, 3.05) is 0 Å². The summed E-state index contributed by atoms with van der Waals surface area (Å²) in [7, 11) is 0. The van der Waals surface area contributed by atoms with E-state index in [1.54, 1.807) is 6.08 Å². The number of halogens is 2. The molecule has 0 spiro atoms. The lowest BCUT2D eigenvalue weighted by Crippen LogP contribution is -1.98. The molecule has 17 heavy (non-hydrogen) atoms. The maximum atomic E-state index is 13.2. The zero-order valence-electron chi connectivity index (χ0n) is 8.82. The SMILES string of the molecule is O=[N+]([O-])c1cc(C2=CCCC=C2)cc(F)c1F. The molecule has 0 atom stereocenters. The number of nitro benzene ring substituents is 1. The highest BCUT2D eigenvalue weighted by molar-refractivity contribution is 5.76. The molecule has 2 rings (SSSR count). The molecule has 0 saturated heterocycles. The molecule has 0 bridgehead atoms. The second-order valence-electron chi connectivity index (χ2n) is 3.69. The van der Waals surface area contributed by atoms with E-state index in [2.05, 4.69) is 0 Å². The zero-order chi connectivity index (χ0) is 12.4. The van der Waals surface area contributed by atoms with Crippen LogP contribution in [-0.2, 0) is 0 Å². The van der Waals surface area contributed by atoms with Crippen molar-refractivity contribution in [3.8, 4) is 0 Å². The van der Waals surface area contributed by atoms with Crippen LogP contribution in [0.3, 0.4) is 0 Å². The van der Waals surface area contributed by atoms with E-state index in [0.717, 1.165) is 25.0 Å². The summed E-state index contributed by atoms with van der Waals surface area (Å²) in [6.07, 6.45) is 7.16. The quantitative estimate of drug-likeness (QED) is 0.582. The summed E-state index contributed by atoms with van der Waals surface area (Å²) in [6, 6.07) is 2.03. The first-order valence-corrected chi connectivity index (χ1v) is 5.10. The normalized spacial score (nSPS) is 14.6. The summed E-state index contributed by atoms with van der Waals surface area (Å²) >= 11 is 0. The van der Waals surface area contributed by atoms with Crippen LogP contribution in [-0.4, -0.2) is 4.92 Å². The summed E-state index contributed by atoms with van der Waals surface area (Å²) < 4.78 is 26.4. The summed E-state index contributed by atoms with van der Waals surface area (Å²) in [6.45, 7) is 0. The lowest BCUT2D eigenvalue weighted by atomic mass is 9.99. The molecule has 0 unspecified atom stereocenters. The Hall–Kier alpha value is -2.04. The molecule has 5 heteroatoms. The third-order valence-corrected chi connectivity index (χ3v) is 2.53. The van der Waals surface area contributed by atoms with Gasteiger partial charge in [0.15, 0.2) is 5.82 Å². The van der Waals surface area contributed by atoms with E-state index in [0.29, 0.717) is 11.1 Å². The van der Waals surface area contributed by atoms with Gasteiger partial charge in [0.1, 0.15) is 0 Å². The number of allylic oxidation sites excluding steroid dienone is 4. The van der Waals surface area contributed by atoms with Crippen molar-refractivity contribution in [1.82, 2.24) is 0 Å². The number of rotatable bonds is 2. The molecule has 1 aliphatic rings. The van der Waals surface area contributed by atoms with Crippen LogP contribution in [0.25, 0.3) is 5.57 Å². The Morgan fingerprint density at radius 2 is 2.00 bits per heavy atom. The fourth-order valence-corrected chi connectivity index (χ4v) is 1.70. The third kappa shape index (κ3) is 2.22. The fourth-order valence-electron chi connectivity index (χ4n) is 1.70. The van der Waals surface area contributed by atoms with Gasteiger partial charge in [-0.2, -0.15) is 4.39 Å². The molecule has 0 fully saturated rings. The first-order chi connectivity index (χ1) is 8.09. The minimum atomic E-state index is -1.42. The van der Waals surface area contributed by atoms with Crippen LogP contribution in [0.2, 0.25) is 0 Å². The first-order valence-electron chi connectivity index (χ1n) is 5.10. The Balaban J connectivity index is 2.53. The number of hydrogen-bond donors (Lipinski definition) is 0. The topological polar surface area (TPSA) is 43.1 Å². The van der Waals surface area contributed by atoms with E-state index < -0.39 is 22.2 Å². The molecule has 0 amide bonds. The molecule has 88 valence electrons. The Kier molecular flexibility index (Phi) is 2.99. The van der Waals surface area contributed by atoms with Gasteiger partial charge in [-0.05, 0) is 30.0 Å². The third-order valence-electron chi connectivity index (χ3n) is 2.53. The van der Waals surface area contributed by atoms with E-state index in [1.165, 1.54) is 0 Å². The van der Waals surface area contributed by atoms with Crippen LogP contribution in [0.1, 0.15) is 18.4 Å². The minimum Gasteiger partial charge on any atom is -0.258 e. The standard InChI is InChI=1S/C12H9F2NO2/c13-10-6-9(8-4-2-1-3-5-8)7-11(12(10)14)15(16)17/h2,4-7H,1,3H2. The number of hydrogen-bond acceptors (Lipinski definition) is 2. The molecule has 0 saturated carbocycles. The lowest BCUT2D eigenvalue weighted by Gasteiger charge is -2.07. The predicted molar refractivity (Wildman–Crippen MR) is 59.4 cm³/mol. The molecular formula is C12H9F2NO2. The van der Waals surface area contributed by atoms with Gasteiger partial charge in [0.25, 0.3) is 0 Å². The van der Waals surface area contributed by atoms with E-state index in [9.17, 15) is 18.9 Å². The van der Waals surface area contributed by atoms with Gasteiger partial charge in [-0.15, -0.1) is 0 Å². The van der Waals surface area contributed by atoms with E-state index in [4.69, 9.17) is 0 Å². The predicted octanol–water partition coefficient (Wildman–Crippen LogP) is 3.61. The molecule has 0 heterocycles. The fraction of sp³-hybridized carbons (Fsp3) is 0.167. The van der Waals surface area contributed by atoms with Gasteiger partial charge in [-0.25, -0.2) is 4.39 Å². The highest BCUT2D eigenvalue weighted by atomic mass is 19.2. The van der Waals surface area contributed by atoms with Gasteiger partial charge in [0.05, 0.1) is 4.92 Å². The Morgan fingerprint density at radius 3 is 2.59 bits per heavy atom. The molecule has 3 nitrogen and oxygen atoms in total. The van der Waals surface area contributed by atoms with Gasteiger partial charge in [0, 0.05) is 6.07 Å². The van der Waals surface area contributed by atoms with Crippen molar-refractivity contribution in [2.45, 2.75) is 12.8 Å². The van der Waals surface area contributed by atoms with Crippen LogP contribution >= 0.6 is 0 Å². The van der Waals surface area contributed by atoms with Gasteiger partial charge in [0.2, 0.25) is 5.82 Å². The van der Waals surface area contributed by atoms with Crippen LogP contribution in [0.5, 0.6) is 0 Å². The van der Waals surface area contributed by atoms with Crippen molar-refractivity contribution >= 4 is 11.3 Å². The van der Waals surface area contributed by atoms with Crippen LogP contribution in [0.15, 0.2) is 30.4 Å². The average Bonchev–Trinajstić information content (AvgIpc) is 2.33. The largest absolute Gasteiger partial charge is 0.308 e. The highest BCUT2D eigenvalue weighted by Gasteiger charge is 2.20. The second kappa shape index (κ2) is 4.45. The van der Waals surface area contributed by atoms with Gasteiger partial charge < -0.3 is 0 Å². The summed E-state index contributed by atoms with van der Waals surface area (Å²) in [5.74, 6) is -2.62. The van der Waals surface area contributed by atoms with E-state index >= 15 is 0 Å². The van der Waals surface area contributed by atoms with E-state index in [-0.39, 0.29) is 0 Å². The molecule has 1 aromatic carbocycles. The molecule has 1 aromatic rings. The number of nitrogens with zero attached hydrogens (tertiary/aromatic N) is 1. The molecule has 0 radical (unpaired) electrons. The van der Waals surface area contributed by atoms with Crippen LogP contribution in [0, 0.1) is 21.7 Å². The maximum absolute atomic E-state index is 13.2. The second-order valence-corrected chi connectivity index (χ2v) is 3.69. The number of benzene rings is 1. The maximum Gasteiger partial charge on any atom is 0.308 e. The minimum absolute atomic E-state index is 0.326. The van der Waals surface area contributed by atoms with Crippen molar-refractivity contribution in [1.29, 1.82) is 0 Å². The molecule has 0 aliphatic heterocycles. The highest BCUT2D eigenvalue weighted by Crippen LogP contribution is 2.28. The van der Waals surface area contributed by atoms with Crippen molar-refractivity contribution in [3.05, 3.63) is 57.7 Å². The van der Waals surface area contributed by atoms with Crippen LogP contribution < -0.4 is 0 Å². The van der Waals surface area contributed by atoms with Gasteiger partial charge in [-0.3, -0.25) is 10.1 Å². The summed E-state index contributed by atoms with van der Waals surface area (Å²) in [5, 5.41) is 10.6. The van der Waals surface area contributed by atoms with E-state index in [1.807, 2.05) is 12.2 Å². The molecule has 0 aromatic heterocycles. The first kappa shape index (κ1) is 11.4. The molecule has 1 aliphatic carbocycles. The van der Waals surface area contributed by atoms with Gasteiger partial charge >= 0.3 is 5.69 Å². The Labute approximate surface area is 96.2 Å². The lowest BCUT2D eigenvalue weighted by molar-refractivity contribution is -0.387. The summed E-state index contributed by atoms with van der Waals surface area (Å²) in [5.41, 5.74) is 0.171. The monoisotopic (exact) mass is 237 g/mol. The summed E-state index contributed by atoms with van der Waals surface area (Å²) in [4.78, 5) is 9.65. The van der Waals surface area contributed by atoms with Crippen molar-refractivity contribution in [2.24, 2.45) is 0 Å². The Morgan fingerprint density at radius 1 is 1.24 bits per heavy atom. The average molecular weight is 237 g/mol. The molecule has 0 N–H and O–H groups in total. The van der Waals surface area contributed by atoms with Crippen LogP contribution in [0.4, 0.5) is 14.5 Å². The van der Waals surface area contributed by atoms with Gasteiger partial charge in [-0.1, -0.05) is 18.2 Å². The molecular weight excluding hydrogens is 228 g/mol.